The highest BCUT2D eigenvalue weighted by molar-refractivity contribution is 8.11. The maximum atomic E-state index is 12.5. The molecule has 0 aromatic heterocycles. The highest BCUT2D eigenvalue weighted by Gasteiger charge is 2.63. The van der Waals surface area contributed by atoms with Gasteiger partial charge in [0.05, 0.1) is 12.8 Å². The van der Waals surface area contributed by atoms with Crippen molar-refractivity contribution in [1.82, 2.24) is 10.2 Å². The molecule has 8 nitrogen and oxygen atoms in total. The first kappa shape index (κ1) is 20.2. The molecular formula is C19H24N3O5S+. The minimum absolute atomic E-state index is 0.213. The Kier molecular flexibility index (Phi) is 6.25. The van der Waals surface area contributed by atoms with Gasteiger partial charge in [-0.25, -0.2) is 0 Å². The number of unbranched alkanes of at least 4 members (excludes halogenated alkanes) is 1. The zero-order valence-corrected chi connectivity index (χ0v) is 16.4. The minimum Gasteiger partial charge on any atom is -0.491 e. The van der Waals surface area contributed by atoms with Gasteiger partial charge < -0.3 is 20.9 Å². The van der Waals surface area contributed by atoms with Gasteiger partial charge in [-0.15, -0.1) is 0 Å². The Morgan fingerprint density at radius 1 is 1.39 bits per heavy atom. The van der Waals surface area contributed by atoms with Gasteiger partial charge in [-0.3, -0.25) is 14.5 Å². The van der Waals surface area contributed by atoms with E-state index in [1.54, 1.807) is 30.5 Å². The largest absolute Gasteiger partial charge is 0.525 e. The van der Waals surface area contributed by atoms with E-state index in [0.29, 0.717) is 17.9 Å². The SMILES string of the molecule is CCCCOC1=CN2C(=O)[C@@H](NC(=O)[C@H](N)c3ccccc3)[C@H]2[S+](C(=O)O)C1. The summed E-state index contributed by atoms with van der Waals surface area (Å²) < 4.78 is 5.62. The van der Waals surface area contributed by atoms with Gasteiger partial charge in [-0.2, -0.15) is 4.79 Å². The Hall–Kier alpha value is -2.52. The molecule has 9 heteroatoms. The van der Waals surface area contributed by atoms with Gasteiger partial charge in [-0.05, 0) is 12.0 Å². The van der Waals surface area contributed by atoms with Crippen LogP contribution in [-0.2, 0) is 25.2 Å². The lowest BCUT2D eigenvalue weighted by molar-refractivity contribution is -0.145. The van der Waals surface area contributed by atoms with Crippen LogP contribution in [0.15, 0.2) is 42.3 Å². The van der Waals surface area contributed by atoms with Gasteiger partial charge in [0.25, 0.3) is 5.91 Å². The normalized spacial score (nSPS) is 24.5. The van der Waals surface area contributed by atoms with Crippen molar-refractivity contribution in [3.8, 4) is 0 Å². The van der Waals surface area contributed by atoms with Crippen molar-refractivity contribution >= 4 is 28.0 Å². The van der Waals surface area contributed by atoms with Crippen LogP contribution >= 0.6 is 0 Å². The summed E-state index contributed by atoms with van der Waals surface area (Å²) in [6, 6.07) is 6.99. The number of fused-ring (bicyclic) bond motifs is 1. The first-order chi connectivity index (χ1) is 13.4. The topological polar surface area (TPSA) is 122 Å². The summed E-state index contributed by atoms with van der Waals surface area (Å²) in [6.07, 6.45) is 3.37. The Morgan fingerprint density at radius 3 is 2.75 bits per heavy atom. The van der Waals surface area contributed by atoms with Crippen molar-refractivity contribution in [2.24, 2.45) is 5.73 Å². The van der Waals surface area contributed by atoms with Crippen LogP contribution in [-0.4, -0.2) is 50.9 Å². The van der Waals surface area contributed by atoms with E-state index in [0.717, 1.165) is 12.8 Å². The summed E-state index contributed by atoms with van der Waals surface area (Å²) in [5, 5.41) is 10.6. The molecule has 1 unspecified atom stereocenters. The Morgan fingerprint density at radius 2 is 2.11 bits per heavy atom. The van der Waals surface area contributed by atoms with Crippen LogP contribution < -0.4 is 11.1 Å². The molecule has 2 aliphatic heterocycles. The van der Waals surface area contributed by atoms with Crippen molar-refractivity contribution in [2.45, 2.75) is 37.2 Å². The predicted molar refractivity (Wildman–Crippen MR) is 105 cm³/mol. The van der Waals surface area contributed by atoms with Crippen molar-refractivity contribution in [3.63, 3.8) is 0 Å². The molecular weight excluding hydrogens is 382 g/mol. The van der Waals surface area contributed by atoms with Crippen molar-refractivity contribution < 1.29 is 24.2 Å². The molecule has 1 aromatic carbocycles. The molecule has 0 aliphatic carbocycles. The van der Waals surface area contributed by atoms with E-state index in [1.807, 2.05) is 13.0 Å². The first-order valence-corrected chi connectivity index (χ1v) is 10.6. The quantitative estimate of drug-likeness (QED) is 0.357. The second-order valence-electron chi connectivity index (χ2n) is 6.65. The van der Waals surface area contributed by atoms with E-state index in [-0.39, 0.29) is 11.7 Å². The Labute approximate surface area is 166 Å². The van der Waals surface area contributed by atoms with E-state index >= 15 is 0 Å². The standard InChI is InChI=1S/C19H23N3O5S/c1-2-3-9-27-13-10-22-17(24)15(18(22)28(11-13)19(25)26)21-16(23)14(20)12-7-5-4-6-8-12/h4-8,10,14-15,18H,2-3,9,11,20H2,1H3,(H-,21,23,25,26)/p+1/t14-,15-,18-,28?/m1/s1. The summed E-state index contributed by atoms with van der Waals surface area (Å²) in [4.78, 5) is 38.1. The number of ether oxygens (including phenoxy) is 1. The number of nitrogens with two attached hydrogens (primary N) is 1. The van der Waals surface area contributed by atoms with E-state index in [4.69, 9.17) is 10.5 Å². The second-order valence-corrected chi connectivity index (χ2v) is 8.63. The summed E-state index contributed by atoms with van der Waals surface area (Å²) in [6.45, 7) is 2.51. The molecule has 1 fully saturated rings. The monoisotopic (exact) mass is 406 g/mol. The van der Waals surface area contributed by atoms with Gasteiger partial charge >= 0.3 is 5.30 Å². The number of hydrogen-bond acceptors (Lipinski definition) is 5. The molecule has 4 atom stereocenters. The first-order valence-electron chi connectivity index (χ1n) is 9.13. The van der Waals surface area contributed by atoms with Gasteiger partial charge in [0.1, 0.15) is 16.9 Å². The number of carbonyl (C=O) groups excluding carboxylic acids is 2. The van der Waals surface area contributed by atoms with Gasteiger partial charge in [0, 0.05) is 0 Å². The molecule has 4 N–H and O–H groups in total. The lowest BCUT2D eigenvalue weighted by atomic mass is 10.0. The number of carbonyl (C=O) groups is 3. The number of β-lactam (4-membered cyclic amide) rings is 1. The fourth-order valence-corrected chi connectivity index (χ4v) is 5.05. The van der Waals surface area contributed by atoms with Crippen molar-refractivity contribution in [1.29, 1.82) is 0 Å². The number of rotatable bonds is 7. The maximum absolute atomic E-state index is 12.5. The van der Waals surface area contributed by atoms with Gasteiger partial charge in [0.15, 0.2) is 17.6 Å². The molecule has 2 aliphatic rings. The van der Waals surface area contributed by atoms with Crippen LogP contribution in [0.25, 0.3) is 0 Å². The number of hydrogen-bond donors (Lipinski definition) is 3. The molecule has 1 saturated heterocycles. The fourth-order valence-electron chi connectivity index (χ4n) is 3.14. The lowest BCUT2D eigenvalue weighted by Gasteiger charge is -2.44. The molecule has 2 amide bonds. The minimum atomic E-state index is -1.17. The van der Waals surface area contributed by atoms with Crippen LogP contribution in [0, 0.1) is 0 Å². The lowest BCUT2D eigenvalue weighted by Crippen LogP contribution is -2.74. The smallest absolute Gasteiger partial charge is 0.491 e. The fraction of sp³-hybridized carbons (Fsp3) is 0.421. The molecule has 0 radical (unpaired) electrons. The molecule has 0 spiro atoms. The third kappa shape index (κ3) is 4.00. The van der Waals surface area contributed by atoms with Crippen LogP contribution in [0.3, 0.4) is 0 Å². The van der Waals surface area contributed by atoms with Crippen molar-refractivity contribution in [3.05, 3.63) is 47.9 Å². The summed E-state index contributed by atoms with van der Waals surface area (Å²) in [5.41, 5.74) is 6.60. The Bertz CT molecular complexity index is 785. The Balaban J connectivity index is 1.70. The molecule has 2 heterocycles. The third-order valence-electron chi connectivity index (χ3n) is 4.70. The van der Waals surface area contributed by atoms with E-state index in [1.165, 1.54) is 4.90 Å². The third-order valence-corrected chi connectivity index (χ3v) is 6.83. The summed E-state index contributed by atoms with van der Waals surface area (Å²) in [7, 11) is -1.17. The number of nitrogens with zero attached hydrogens (tertiary/aromatic N) is 1. The number of nitrogens with one attached hydrogen (secondary N) is 1. The average Bonchev–Trinajstić information content (AvgIpc) is 2.71. The number of amides is 2. The zero-order chi connectivity index (χ0) is 20.3. The van der Waals surface area contributed by atoms with Gasteiger partial charge in [0.2, 0.25) is 11.3 Å². The van der Waals surface area contributed by atoms with Crippen LogP contribution in [0.1, 0.15) is 31.4 Å². The van der Waals surface area contributed by atoms with Crippen LogP contribution in [0.5, 0.6) is 0 Å². The molecule has 28 heavy (non-hydrogen) atoms. The summed E-state index contributed by atoms with van der Waals surface area (Å²) in [5.74, 6) is -0.153. The molecule has 1 aromatic rings. The second kappa shape index (κ2) is 8.66. The van der Waals surface area contributed by atoms with E-state index < -0.39 is 39.6 Å². The maximum Gasteiger partial charge on any atom is 0.525 e. The molecule has 150 valence electrons. The molecule has 3 rings (SSSR count). The van der Waals surface area contributed by atoms with E-state index in [9.17, 15) is 19.5 Å². The zero-order valence-electron chi connectivity index (χ0n) is 15.5. The van der Waals surface area contributed by atoms with Crippen LogP contribution in [0.4, 0.5) is 4.79 Å². The van der Waals surface area contributed by atoms with Crippen LogP contribution in [0.2, 0.25) is 0 Å². The molecule has 0 bridgehead atoms. The average molecular weight is 406 g/mol. The highest BCUT2D eigenvalue weighted by atomic mass is 32.2. The summed E-state index contributed by atoms with van der Waals surface area (Å²) >= 11 is 0. The van der Waals surface area contributed by atoms with E-state index in [2.05, 4.69) is 5.32 Å². The molecule has 0 saturated carbocycles. The van der Waals surface area contributed by atoms with Gasteiger partial charge in [-0.1, -0.05) is 43.7 Å². The number of benzene rings is 1. The van der Waals surface area contributed by atoms with Crippen molar-refractivity contribution in [2.75, 3.05) is 12.4 Å². The number of carboxylic acid groups (broad SMARTS) is 1. The highest BCUT2D eigenvalue weighted by Crippen LogP contribution is 2.34. The predicted octanol–water partition coefficient (Wildman–Crippen LogP) is 1.31.